The smallest absolute Gasteiger partial charge is 0.406 e. The van der Waals surface area contributed by atoms with Gasteiger partial charge in [0.05, 0.1) is 10.0 Å². The van der Waals surface area contributed by atoms with Crippen LogP contribution in [-0.2, 0) is 6.54 Å². The number of benzene rings is 1. The minimum atomic E-state index is -4.69. The molecule has 11 heteroatoms. The van der Waals surface area contributed by atoms with Gasteiger partial charge in [-0.3, -0.25) is 14.3 Å². The number of likely N-dealkylation sites (tertiary alicyclic amines) is 1. The van der Waals surface area contributed by atoms with Crippen LogP contribution in [0.25, 0.3) is 5.82 Å². The normalized spacial score (nSPS) is 15.2. The zero-order valence-corrected chi connectivity index (χ0v) is 20.1. The second kappa shape index (κ2) is 10.9. The Labute approximate surface area is 210 Å². The van der Waals surface area contributed by atoms with Gasteiger partial charge in [-0.1, -0.05) is 35.3 Å². The predicted octanol–water partition coefficient (Wildman–Crippen LogP) is 5.72. The molecule has 0 bridgehead atoms. The van der Waals surface area contributed by atoms with Crippen molar-refractivity contribution in [2.45, 2.75) is 25.7 Å². The molecule has 35 heavy (non-hydrogen) atoms. The first-order valence-corrected chi connectivity index (χ1v) is 11.8. The van der Waals surface area contributed by atoms with Crippen molar-refractivity contribution < 1.29 is 22.7 Å². The lowest BCUT2D eigenvalue weighted by Crippen LogP contribution is -2.38. The molecule has 1 aliphatic heterocycles. The molecule has 1 amide bonds. The van der Waals surface area contributed by atoms with Crippen molar-refractivity contribution >= 4 is 29.1 Å². The third-order valence-corrected chi connectivity index (χ3v) is 6.30. The second-order valence-electron chi connectivity index (χ2n) is 8.34. The molecule has 6 nitrogen and oxygen atoms in total. The second-order valence-corrected chi connectivity index (χ2v) is 9.19. The molecule has 1 aliphatic rings. The van der Waals surface area contributed by atoms with E-state index in [0.717, 1.165) is 31.5 Å². The van der Waals surface area contributed by atoms with E-state index in [2.05, 4.69) is 19.9 Å². The van der Waals surface area contributed by atoms with Crippen LogP contribution in [0.3, 0.4) is 0 Å². The first-order chi connectivity index (χ1) is 16.7. The minimum Gasteiger partial charge on any atom is -0.406 e. The zero-order chi connectivity index (χ0) is 25.0. The Morgan fingerprint density at radius 2 is 1.86 bits per heavy atom. The highest BCUT2D eigenvalue weighted by atomic mass is 35.5. The van der Waals surface area contributed by atoms with Crippen LogP contribution in [0.4, 0.5) is 13.2 Å². The Hall–Kier alpha value is -2.75. The van der Waals surface area contributed by atoms with Crippen LogP contribution in [0.2, 0.25) is 10.0 Å². The monoisotopic (exact) mass is 526 g/mol. The van der Waals surface area contributed by atoms with Crippen LogP contribution in [0, 0.1) is 5.92 Å². The number of carbonyl (C=O) groups is 1. The SMILES string of the molecule is O=C(NCC1CCN(Cc2ccc(OC(F)(F)F)cc2)CC1)c1cccn1-c1ncc(Cl)cc1Cl. The predicted molar refractivity (Wildman–Crippen MR) is 127 cm³/mol. The van der Waals surface area contributed by atoms with Gasteiger partial charge in [0, 0.05) is 25.5 Å². The molecule has 3 aromatic rings. The van der Waals surface area contributed by atoms with Crippen LogP contribution in [0.1, 0.15) is 28.9 Å². The molecule has 1 aromatic carbocycles. The Balaban J connectivity index is 1.25. The summed E-state index contributed by atoms with van der Waals surface area (Å²) in [6.45, 7) is 2.86. The first kappa shape index (κ1) is 25.3. The molecule has 0 radical (unpaired) electrons. The van der Waals surface area contributed by atoms with E-state index < -0.39 is 6.36 Å². The lowest BCUT2D eigenvalue weighted by Gasteiger charge is -2.32. The van der Waals surface area contributed by atoms with Crippen LogP contribution >= 0.6 is 23.2 Å². The number of halogens is 5. The van der Waals surface area contributed by atoms with Crippen LogP contribution in [-0.4, -0.2) is 46.4 Å². The standard InChI is InChI=1S/C24H23Cl2F3N4O2/c25-18-12-20(26)22(30-14-18)33-9-1-2-21(33)23(34)31-13-16-7-10-32(11-8-16)15-17-3-5-19(6-4-17)35-24(27,28)29/h1-6,9,12,14,16H,7-8,10-11,13,15H2,(H,31,34). The summed E-state index contributed by atoms with van der Waals surface area (Å²) in [6.07, 6.45) is 0.310. The molecule has 0 spiro atoms. The number of hydrogen-bond acceptors (Lipinski definition) is 4. The third kappa shape index (κ3) is 6.90. The number of alkyl halides is 3. The number of aromatic nitrogens is 2. The van der Waals surface area contributed by atoms with Gasteiger partial charge in [-0.25, -0.2) is 4.98 Å². The van der Waals surface area contributed by atoms with E-state index in [0.29, 0.717) is 40.6 Å². The van der Waals surface area contributed by atoms with Gasteiger partial charge in [-0.05, 0) is 67.7 Å². The van der Waals surface area contributed by atoms with Gasteiger partial charge in [-0.2, -0.15) is 0 Å². The summed E-state index contributed by atoms with van der Waals surface area (Å²) < 4.78 is 42.4. The van der Waals surface area contributed by atoms with E-state index in [9.17, 15) is 18.0 Å². The van der Waals surface area contributed by atoms with Crippen LogP contribution < -0.4 is 10.1 Å². The quantitative estimate of drug-likeness (QED) is 0.427. The van der Waals surface area contributed by atoms with Crippen LogP contribution in [0.15, 0.2) is 54.9 Å². The van der Waals surface area contributed by atoms with Crippen LogP contribution in [0.5, 0.6) is 5.75 Å². The zero-order valence-electron chi connectivity index (χ0n) is 18.6. The van der Waals surface area contributed by atoms with Crippen molar-refractivity contribution in [2.24, 2.45) is 5.92 Å². The number of pyridine rings is 1. The van der Waals surface area contributed by atoms with Gasteiger partial charge in [0.1, 0.15) is 11.4 Å². The number of amides is 1. The Kier molecular flexibility index (Phi) is 7.88. The minimum absolute atomic E-state index is 0.216. The average molecular weight is 527 g/mol. The third-order valence-electron chi connectivity index (χ3n) is 5.82. The van der Waals surface area contributed by atoms with Gasteiger partial charge >= 0.3 is 6.36 Å². The van der Waals surface area contributed by atoms with E-state index in [1.165, 1.54) is 18.3 Å². The highest BCUT2D eigenvalue weighted by Crippen LogP contribution is 2.25. The number of rotatable bonds is 7. The highest BCUT2D eigenvalue weighted by Gasteiger charge is 2.31. The number of ether oxygens (including phenoxy) is 1. The Morgan fingerprint density at radius 1 is 1.14 bits per heavy atom. The molecule has 0 saturated carbocycles. The highest BCUT2D eigenvalue weighted by molar-refractivity contribution is 6.35. The molecule has 1 fully saturated rings. The molecule has 0 aliphatic carbocycles. The molecule has 1 saturated heterocycles. The Morgan fingerprint density at radius 3 is 2.51 bits per heavy atom. The van der Waals surface area contributed by atoms with E-state index in [-0.39, 0.29) is 11.7 Å². The number of nitrogens with zero attached hydrogens (tertiary/aromatic N) is 3. The fraction of sp³-hybridized carbons (Fsp3) is 0.333. The lowest BCUT2D eigenvalue weighted by atomic mass is 9.96. The van der Waals surface area contributed by atoms with Crippen molar-refractivity contribution in [3.63, 3.8) is 0 Å². The summed E-state index contributed by atoms with van der Waals surface area (Å²) in [5.41, 5.74) is 1.35. The number of nitrogens with one attached hydrogen (secondary N) is 1. The molecule has 186 valence electrons. The maximum Gasteiger partial charge on any atom is 0.573 e. The van der Waals surface area contributed by atoms with Gasteiger partial charge in [0.25, 0.3) is 5.91 Å². The van der Waals surface area contributed by atoms with Gasteiger partial charge in [0.2, 0.25) is 0 Å². The number of piperidine rings is 1. The molecular formula is C24H23Cl2F3N4O2. The van der Waals surface area contributed by atoms with Crippen molar-refractivity contribution in [2.75, 3.05) is 19.6 Å². The van der Waals surface area contributed by atoms with E-state index >= 15 is 0 Å². The lowest BCUT2D eigenvalue weighted by molar-refractivity contribution is -0.274. The molecule has 1 N–H and O–H groups in total. The van der Waals surface area contributed by atoms with Crippen molar-refractivity contribution in [1.82, 2.24) is 19.8 Å². The summed E-state index contributed by atoms with van der Waals surface area (Å²) in [5.74, 6) is 0.318. The fourth-order valence-corrected chi connectivity index (χ4v) is 4.54. The molecule has 0 atom stereocenters. The topological polar surface area (TPSA) is 59.4 Å². The van der Waals surface area contributed by atoms with Gasteiger partial charge < -0.3 is 10.1 Å². The van der Waals surface area contributed by atoms with Crippen molar-refractivity contribution in [1.29, 1.82) is 0 Å². The largest absolute Gasteiger partial charge is 0.573 e. The molecule has 2 aromatic heterocycles. The molecule has 4 rings (SSSR count). The summed E-state index contributed by atoms with van der Waals surface area (Å²) in [7, 11) is 0. The van der Waals surface area contributed by atoms with Crippen molar-refractivity contribution in [3.05, 3.63) is 76.2 Å². The van der Waals surface area contributed by atoms with E-state index in [4.69, 9.17) is 23.2 Å². The number of hydrogen-bond donors (Lipinski definition) is 1. The summed E-state index contributed by atoms with van der Waals surface area (Å²) in [5, 5.41) is 3.76. The first-order valence-electron chi connectivity index (χ1n) is 11.0. The number of carbonyl (C=O) groups excluding carboxylic acids is 1. The molecular weight excluding hydrogens is 504 g/mol. The van der Waals surface area contributed by atoms with Gasteiger partial charge in [-0.15, -0.1) is 13.2 Å². The van der Waals surface area contributed by atoms with Crippen molar-refractivity contribution in [3.8, 4) is 11.6 Å². The van der Waals surface area contributed by atoms with E-state index in [1.54, 1.807) is 41.1 Å². The van der Waals surface area contributed by atoms with E-state index in [1.807, 2.05) is 0 Å². The maximum absolute atomic E-state index is 12.8. The van der Waals surface area contributed by atoms with Gasteiger partial charge in [0.15, 0.2) is 5.82 Å². The Bertz CT molecular complexity index is 1160. The summed E-state index contributed by atoms with van der Waals surface area (Å²) >= 11 is 12.2. The molecule has 0 unspecified atom stereocenters. The fourth-order valence-electron chi connectivity index (χ4n) is 4.07. The average Bonchev–Trinajstić information content (AvgIpc) is 3.28. The summed E-state index contributed by atoms with van der Waals surface area (Å²) in [4.78, 5) is 19.3. The molecule has 3 heterocycles. The maximum atomic E-state index is 12.8. The summed E-state index contributed by atoms with van der Waals surface area (Å²) in [6, 6.07) is 11.0.